The summed E-state index contributed by atoms with van der Waals surface area (Å²) in [6, 6.07) is 8.82. The van der Waals surface area contributed by atoms with E-state index in [1.54, 1.807) is 19.2 Å². The number of carbonyl (C=O) groups is 1. The summed E-state index contributed by atoms with van der Waals surface area (Å²) in [4.78, 5) is 23.2. The van der Waals surface area contributed by atoms with Gasteiger partial charge in [-0.05, 0) is 38.1 Å². The van der Waals surface area contributed by atoms with Crippen LogP contribution in [0, 0.1) is 10.1 Å². The molecular weight excluding hydrogens is 372 g/mol. The smallest absolute Gasteiger partial charge is 0.270 e. The molecule has 27 heavy (non-hydrogen) atoms. The Hall–Kier alpha value is -2.80. The number of non-ortho nitro benzene ring substituents is 1. The minimum atomic E-state index is -0.565. The minimum Gasteiger partial charge on any atom is -0.497 e. The Morgan fingerprint density at radius 3 is 2.74 bits per heavy atom. The van der Waals surface area contributed by atoms with Gasteiger partial charge in [-0.3, -0.25) is 14.9 Å². The Balaban J connectivity index is 1.94. The van der Waals surface area contributed by atoms with E-state index >= 15 is 0 Å². The minimum absolute atomic E-state index is 0.0552. The first kappa shape index (κ1) is 19.0. The number of hydrogen-bond acceptors (Lipinski definition) is 5. The lowest BCUT2D eigenvalue weighted by atomic mass is 9.89. The number of amides is 1. The van der Waals surface area contributed by atoms with E-state index in [-0.39, 0.29) is 22.3 Å². The van der Waals surface area contributed by atoms with Crippen molar-refractivity contribution in [1.29, 1.82) is 0 Å². The first-order valence-electron chi connectivity index (χ1n) is 8.32. The molecule has 0 fully saturated rings. The molecule has 1 aliphatic rings. The van der Waals surface area contributed by atoms with E-state index in [0.717, 1.165) is 5.56 Å². The van der Waals surface area contributed by atoms with Crippen molar-refractivity contribution >= 4 is 23.2 Å². The molecule has 142 valence electrons. The van der Waals surface area contributed by atoms with Crippen molar-refractivity contribution < 1.29 is 19.2 Å². The number of benzene rings is 2. The third-order valence-electron chi connectivity index (χ3n) is 4.39. The largest absolute Gasteiger partial charge is 0.497 e. The first-order valence-corrected chi connectivity index (χ1v) is 8.70. The Labute approximate surface area is 161 Å². The van der Waals surface area contributed by atoms with Gasteiger partial charge in [-0.1, -0.05) is 11.6 Å². The molecule has 0 radical (unpaired) electrons. The Morgan fingerprint density at radius 2 is 2.07 bits per heavy atom. The summed E-state index contributed by atoms with van der Waals surface area (Å²) in [5.41, 5.74) is 0.147. The average Bonchev–Trinajstić information content (AvgIpc) is 2.60. The molecule has 0 unspecified atom stereocenters. The summed E-state index contributed by atoms with van der Waals surface area (Å²) in [6.07, 6.45) is 0.519. The molecule has 0 saturated heterocycles. The summed E-state index contributed by atoms with van der Waals surface area (Å²) in [7, 11) is 1.56. The summed E-state index contributed by atoms with van der Waals surface area (Å²) < 4.78 is 11.3. The Morgan fingerprint density at radius 1 is 1.33 bits per heavy atom. The average molecular weight is 391 g/mol. The topological polar surface area (TPSA) is 90.7 Å². The van der Waals surface area contributed by atoms with E-state index in [1.807, 2.05) is 19.9 Å². The van der Waals surface area contributed by atoms with Crippen LogP contribution in [0.2, 0.25) is 5.02 Å². The van der Waals surface area contributed by atoms with Crippen LogP contribution in [0.4, 0.5) is 5.69 Å². The van der Waals surface area contributed by atoms with Crippen LogP contribution in [0.25, 0.3) is 0 Å². The molecule has 0 aliphatic carbocycles. The lowest BCUT2D eigenvalue weighted by molar-refractivity contribution is -0.384. The molecule has 8 heteroatoms. The van der Waals surface area contributed by atoms with Crippen LogP contribution in [0.3, 0.4) is 0 Å². The summed E-state index contributed by atoms with van der Waals surface area (Å²) in [6.45, 7) is 3.86. The second-order valence-corrected chi connectivity index (χ2v) is 7.32. The van der Waals surface area contributed by atoms with Crippen LogP contribution < -0.4 is 14.8 Å². The highest BCUT2D eigenvalue weighted by molar-refractivity contribution is 6.34. The molecule has 1 amide bonds. The van der Waals surface area contributed by atoms with Crippen LogP contribution in [0.5, 0.6) is 11.5 Å². The molecule has 3 rings (SSSR count). The second kappa shape index (κ2) is 7.08. The fourth-order valence-corrected chi connectivity index (χ4v) is 3.33. The molecule has 1 heterocycles. The zero-order chi connectivity index (χ0) is 19.8. The van der Waals surface area contributed by atoms with E-state index in [4.69, 9.17) is 21.1 Å². The predicted octanol–water partition coefficient (Wildman–Crippen LogP) is 4.29. The molecular formula is C19H19ClN2O5. The number of nitro benzene ring substituents is 1. The maximum atomic E-state index is 12.8. The number of nitrogens with zero attached hydrogens (tertiary/aromatic N) is 1. The monoisotopic (exact) mass is 390 g/mol. The van der Waals surface area contributed by atoms with Gasteiger partial charge in [0.15, 0.2) is 0 Å². The zero-order valence-electron chi connectivity index (χ0n) is 15.1. The highest BCUT2D eigenvalue weighted by Crippen LogP contribution is 2.41. The van der Waals surface area contributed by atoms with Crippen LogP contribution >= 0.6 is 11.6 Å². The fourth-order valence-electron chi connectivity index (χ4n) is 3.13. The number of fused-ring (bicyclic) bond motifs is 1. The van der Waals surface area contributed by atoms with Crippen molar-refractivity contribution in [2.75, 3.05) is 7.11 Å². The van der Waals surface area contributed by atoms with Crippen molar-refractivity contribution in [3.8, 4) is 11.5 Å². The SMILES string of the molecule is COc1ccc2c(c1)[C@H](NC(=O)c1cc([N+](=O)[O-])ccc1Cl)CC(C)(C)O2. The van der Waals surface area contributed by atoms with E-state index in [0.29, 0.717) is 17.9 Å². The van der Waals surface area contributed by atoms with E-state index in [1.165, 1.54) is 18.2 Å². The van der Waals surface area contributed by atoms with Gasteiger partial charge in [-0.15, -0.1) is 0 Å². The molecule has 0 saturated carbocycles. The lowest BCUT2D eigenvalue weighted by Gasteiger charge is -2.38. The van der Waals surface area contributed by atoms with Gasteiger partial charge >= 0.3 is 0 Å². The standard InChI is InChI=1S/C19H19ClN2O5/c1-19(2)10-16(14-9-12(26-3)5-7-17(14)27-19)21-18(23)13-8-11(22(24)25)4-6-15(13)20/h4-9,16H,10H2,1-3H3,(H,21,23)/t16-/m1/s1. The van der Waals surface area contributed by atoms with Gasteiger partial charge < -0.3 is 14.8 Å². The second-order valence-electron chi connectivity index (χ2n) is 6.92. The zero-order valence-corrected chi connectivity index (χ0v) is 15.9. The normalized spacial score (nSPS) is 17.4. The molecule has 2 aromatic carbocycles. The van der Waals surface area contributed by atoms with Crippen LogP contribution in [-0.2, 0) is 0 Å². The van der Waals surface area contributed by atoms with Crippen molar-refractivity contribution in [1.82, 2.24) is 5.32 Å². The van der Waals surface area contributed by atoms with E-state index in [2.05, 4.69) is 5.32 Å². The Bertz CT molecular complexity index is 913. The van der Waals surface area contributed by atoms with Gasteiger partial charge in [0.05, 0.1) is 28.7 Å². The number of nitro groups is 1. The predicted molar refractivity (Wildman–Crippen MR) is 101 cm³/mol. The van der Waals surface area contributed by atoms with Gasteiger partial charge in [-0.2, -0.15) is 0 Å². The van der Waals surface area contributed by atoms with Crippen LogP contribution in [0.1, 0.15) is 42.2 Å². The maximum Gasteiger partial charge on any atom is 0.270 e. The van der Waals surface area contributed by atoms with Crippen LogP contribution in [-0.4, -0.2) is 23.5 Å². The molecule has 1 N–H and O–H groups in total. The van der Waals surface area contributed by atoms with E-state index < -0.39 is 16.4 Å². The number of halogens is 1. The molecule has 7 nitrogen and oxygen atoms in total. The number of nitrogens with one attached hydrogen (secondary N) is 1. The van der Waals surface area contributed by atoms with Crippen LogP contribution in [0.15, 0.2) is 36.4 Å². The quantitative estimate of drug-likeness (QED) is 0.621. The van der Waals surface area contributed by atoms with Gasteiger partial charge in [0, 0.05) is 24.1 Å². The van der Waals surface area contributed by atoms with E-state index in [9.17, 15) is 14.9 Å². The summed E-state index contributed by atoms with van der Waals surface area (Å²) in [5, 5.41) is 14.1. The highest BCUT2D eigenvalue weighted by Gasteiger charge is 2.35. The maximum absolute atomic E-state index is 12.8. The number of ether oxygens (including phenoxy) is 2. The molecule has 0 spiro atoms. The molecule has 0 bridgehead atoms. The summed E-state index contributed by atoms with van der Waals surface area (Å²) >= 11 is 6.09. The molecule has 1 atom stereocenters. The highest BCUT2D eigenvalue weighted by atomic mass is 35.5. The number of carbonyl (C=O) groups excluding carboxylic acids is 1. The molecule has 2 aromatic rings. The van der Waals surface area contributed by atoms with Gasteiger partial charge in [0.1, 0.15) is 17.1 Å². The van der Waals surface area contributed by atoms with Gasteiger partial charge in [-0.25, -0.2) is 0 Å². The van der Waals surface area contributed by atoms with Gasteiger partial charge in [0.2, 0.25) is 0 Å². The first-order chi connectivity index (χ1) is 12.7. The van der Waals surface area contributed by atoms with Crippen molar-refractivity contribution in [2.45, 2.75) is 31.9 Å². The lowest BCUT2D eigenvalue weighted by Crippen LogP contribution is -2.41. The number of hydrogen-bond donors (Lipinski definition) is 1. The van der Waals surface area contributed by atoms with Crippen molar-refractivity contribution in [3.05, 3.63) is 62.7 Å². The number of methoxy groups -OCH3 is 1. The van der Waals surface area contributed by atoms with Gasteiger partial charge in [0.25, 0.3) is 11.6 Å². The van der Waals surface area contributed by atoms with Crippen molar-refractivity contribution in [3.63, 3.8) is 0 Å². The third kappa shape index (κ3) is 3.98. The number of rotatable bonds is 4. The fraction of sp³-hybridized carbons (Fsp3) is 0.316. The summed E-state index contributed by atoms with van der Waals surface area (Å²) in [5.74, 6) is 0.812. The molecule has 1 aliphatic heterocycles. The van der Waals surface area contributed by atoms with Crippen molar-refractivity contribution in [2.24, 2.45) is 0 Å². The third-order valence-corrected chi connectivity index (χ3v) is 4.71. The molecule has 0 aromatic heterocycles. The Kier molecular flexibility index (Phi) is 4.97.